The van der Waals surface area contributed by atoms with Crippen molar-refractivity contribution in [1.82, 2.24) is 10.2 Å². The van der Waals surface area contributed by atoms with E-state index in [9.17, 15) is 0 Å². The van der Waals surface area contributed by atoms with Crippen molar-refractivity contribution in [3.8, 4) is 0 Å². The molecule has 2 rings (SSSR count). The van der Waals surface area contributed by atoms with Crippen LogP contribution in [0.1, 0.15) is 31.6 Å². The average Bonchev–Trinajstić information content (AvgIpc) is 2.84. The van der Waals surface area contributed by atoms with E-state index in [0.29, 0.717) is 0 Å². The molecular formula is C14H24N2OS. The Kier molecular flexibility index (Phi) is 5.60. The van der Waals surface area contributed by atoms with Crippen LogP contribution in [0.5, 0.6) is 0 Å². The van der Waals surface area contributed by atoms with Gasteiger partial charge in [-0.1, -0.05) is 13.8 Å². The zero-order valence-electron chi connectivity index (χ0n) is 11.4. The van der Waals surface area contributed by atoms with Crippen LogP contribution in [0, 0.1) is 0 Å². The van der Waals surface area contributed by atoms with Crippen molar-refractivity contribution < 1.29 is 4.42 Å². The predicted octanol–water partition coefficient (Wildman–Crippen LogP) is 2.72. The predicted molar refractivity (Wildman–Crippen MR) is 77.9 cm³/mol. The summed E-state index contributed by atoms with van der Waals surface area (Å²) in [5.41, 5.74) is 1.25. The third-order valence-electron chi connectivity index (χ3n) is 3.34. The molecule has 1 unspecified atom stereocenters. The molecule has 1 aromatic heterocycles. The molecule has 0 radical (unpaired) electrons. The molecule has 0 saturated carbocycles. The summed E-state index contributed by atoms with van der Waals surface area (Å²) in [4.78, 5) is 2.51. The number of rotatable bonds is 6. The summed E-state index contributed by atoms with van der Waals surface area (Å²) >= 11 is 2.11. The number of hydrogen-bond donors (Lipinski definition) is 1. The topological polar surface area (TPSA) is 28.4 Å². The van der Waals surface area contributed by atoms with Crippen molar-refractivity contribution in [3.63, 3.8) is 0 Å². The van der Waals surface area contributed by atoms with E-state index in [1.165, 1.54) is 30.8 Å². The van der Waals surface area contributed by atoms with Crippen LogP contribution in [0.25, 0.3) is 0 Å². The van der Waals surface area contributed by atoms with E-state index in [2.05, 4.69) is 41.9 Å². The van der Waals surface area contributed by atoms with Gasteiger partial charge >= 0.3 is 0 Å². The second-order valence-electron chi connectivity index (χ2n) is 4.84. The van der Waals surface area contributed by atoms with E-state index in [0.717, 1.165) is 30.6 Å². The Balaban J connectivity index is 1.83. The number of thioether (sulfide) groups is 1. The third-order valence-corrected chi connectivity index (χ3v) is 4.72. The van der Waals surface area contributed by atoms with E-state index in [-0.39, 0.29) is 0 Å². The highest BCUT2D eigenvalue weighted by atomic mass is 32.2. The second kappa shape index (κ2) is 7.22. The number of hydrogen-bond acceptors (Lipinski definition) is 4. The summed E-state index contributed by atoms with van der Waals surface area (Å²) in [5, 5.41) is 4.12. The minimum Gasteiger partial charge on any atom is -0.468 e. The molecule has 18 heavy (non-hydrogen) atoms. The van der Waals surface area contributed by atoms with Crippen molar-refractivity contribution >= 4 is 11.8 Å². The van der Waals surface area contributed by atoms with Crippen LogP contribution in [0.15, 0.2) is 16.7 Å². The monoisotopic (exact) mass is 268 g/mol. The fraction of sp³-hybridized carbons (Fsp3) is 0.714. The molecule has 102 valence electrons. The van der Waals surface area contributed by atoms with Crippen molar-refractivity contribution in [2.75, 3.05) is 25.4 Å². The lowest BCUT2D eigenvalue weighted by Gasteiger charge is -2.31. The summed E-state index contributed by atoms with van der Waals surface area (Å²) in [7, 11) is 0. The van der Waals surface area contributed by atoms with E-state index < -0.39 is 0 Å². The van der Waals surface area contributed by atoms with Crippen LogP contribution in [0.4, 0.5) is 0 Å². The number of nitrogens with one attached hydrogen (secondary N) is 1. The van der Waals surface area contributed by atoms with Gasteiger partial charge in [-0.2, -0.15) is 11.8 Å². The molecule has 1 aliphatic heterocycles. The van der Waals surface area contributed by atoms with E-state index in [1.54, 1.807) is 0 Å². The van der Waals surface area contributed by atoms with E-state index in [4.69, 9.17) is 4.42 Å². The Morgan fingerprint density at radius 2 is 2.39 bits per heavy atom. The lowest BCUT2D eigenvalue weighted by Crippen LogP contribution is -2.36. The fourth-order valence-electron chi connectivity index (χ4n) is 2.26. The van der Waals surface area contributed by atoms with Gasteiger partial charge in [0.05, 0.1) is 12.8 Å². The van der Waals surface area contributed by atoms with Gasteiger partial charge in [0.1, 0.15) is 5.76 Å². The normalized spacial score (nSPS) is 21.3. The number of furan rings is 1. The van der Waals surface area contributed by atoms with Gasteiger partial charge in [0.25, 0.3) is 0 Å². The van der Waals surface area contributed by atoms with Crippen LogP contribution >= 0.6 is 11.8 Å². The highest BCUT2D eigenvalue weighted by Crippen LogP contribution is 2.22. The molecule has 0 aliphatic carbocycles. The van der Waals surface area contributed by atoms with E-state index >= 15 is 0 Å². The van der Waals surface area contributed by atoms with E-state index in [1.807, 2.05) is 6.26 Å². The van der Waals surface area contributed by atoms with Crippen LogP contribution < -0.4 is 5.32 Å². The first-order chi connectivity index (χ1) is 8.81. The summed E-state index contributed by atoms with van der Waals surface area (Å²) in [6, 6.07) is 2.19. The molecule has 1 aromatic rings. The van der Waals surface area contributed by atoms with Crippen LogP contribution in [-0.4, -0.2) is 35.5 Å². The first-order valence-corrected chi connectivity index (χ1v) is 7.97. The third kappa shape index (κ3) is 4.04. The van der Waals surface area contributed by atoms with Crippen LogP contribution in [0.2, 0.25) is 0 Å². The lowest BCUT2D eigenvalue weighted by molar-refractivity contribution is 0.250. The molecule has 0 spiro atoms. The standard InChI is InChI=1S/C14H24N2OS/c1-3-14-10-16(5-6-18-14)9-13-7-12(11-17-13)8-15-4-2/h7,11,14-15H,3-6,8-10H2,1-2H3. The van der Waals surface area contributed by atoms with Gasteiger partial charge in [-0.15, -0.1) is 0 Å². The Hall–Kier alpha value is -0.450. The zero-order valence-corrected chi connectivity index (χ0v) is 12.3. The minimum atomic E-state index is 0.801. The van der Waals surface area contributed by atoms with Gasteiger partial charge in [0.2, 0.25) is 0 Å². The Morgan fingerprint density at radius 3 is 3.17 bits per heavy atom. The Bertz CT molecular complexity index is 353. The highest BCUT2D eigenvalue weighted by molar-refractivity contribution is 8.00. The first kappa shape index (κ1) is 14.0. The summed E-state index contributed by atoms with van der Waals surface area (Å²) in [5.74, 6) is 2.35. The first-order valence-electron chi connectivity index (χ1n) is 6.92. The van der Waals surface area contributed by atoms with Crippen LogP contribution in [0.3, 0.4) is 0 Å². The molecular weight excluding hydrogens is 244 g/mol. The van der Waals surface area contributed by atoms with Crippen molar-refractivity contribution in [1.29, 1.82) is 0 Å². The van der Waals surface area contributed by atoms with Gasteiger partial charge < -0.3 is 9.73 Å². The molecule has 1 N–H and O–H groups in total. The Labute approximate surface area is 114 Å². The molecule has 1 aliphatic rings. The van der Waals surface area contributed by atoms with Gasteiger partial charge in [0.15, 0.2) is 0 Å². The molecule has 2 heterocycles. The molecule has 1 fully saturated rings. The second-order valence-corrected chi connectivity index (χ2v) is 6.25. The van der Waals surface area contributed by atoms with Crippen molar-refractivity contribution in [2.45, 2.75) is 38.6 Å². The maximum atomic E-state index is 5.64. The quantitative estimate of drug-likeness (QED) is 0.859. The smallest absolute Gasteiger partial charge is 0.118 e. The number of nitrogens with zero attached hydrogens (tertiary/aromatic N) is 1. The lowest BCUT2D eigenvalue weighted by atomic mass is 10.2. The minimum absolute atomic E-state index is 0.801. The molecule has 4 heteroatoms. The summed E-state index contributed by atoms with van der Waals surface area (Å²) < 4.78 is 5.64. The van der Waals surface area contributed by atoms with Crippen LogP contribution in [-0.2, 0) is 13.1 Å². The van der Waals surface area contributed by atoms with Gasteiger partial charge in [-0.05, 0) is 19.0 Å². The molecule has 3 nitrogen and oxygen atoms in total. The summed E-state index contributed by atoms with van der Waals surface area (Å²) in [6.45, 7) is 9.66. The molecule has 1 atom stereocenters. The van der Waals surface area contributed by atoms with Crippen molar-refractivity contribution in [3.05, 3.63) is 23.7 Å². The molecule has 0 aromatic carbocycles. The van der Waals surface area contributed by atoms with Crippen molar-refractivity contribution in [2.24, 2.45) is 0 Å². The highest BCUT2D eigenvalue weighted by Gasteiger charge is 2.19. The molecule has 0 bridgehead atoms. The SMILES string of the molecule is CCNCc1coc(CN2CCSC(CC)C2)c1. The zero-order chi connectivity index (χ0) is 12.8. The average molecular weight is 268 g/mol. The van der Waals surface area contributed by atoms with Gasteiger partial charge in [-0.25, -0.2) is 0 Å². The largest absolute Gasteiger partial charge is 0.468 e. The molecule has 1 saturated heterocycles. The van der Waals surface area contributed by atoms with Gasteiger partial charge in [0, 0.05) is 36.2 Å². The maximum absolute atomic E-state index is 5.64. The Morgan fingerprint density at radius 1 is 1.50 bits per heavy atom. The maximum Gasteiger partial charge on any atom is 0.118 e. The van der Waals surface area contributed by atoms with Gasteiger partial charge in [-0.3, -0.25) is 4.90 Å². The summed E-state index contributed by atoms with van der Waals surface area (Å²) in [6.07, 6.45) is 3.15. The fourth-order valence-corrected chi connectivity index (χ4v) is 3.51. The molecule has 0 amide bonds.